The number of nitrogens with two attached hydrogens (primary N) is 1. The molecule has 0 radical (unpaired) electrons. The molecule has 0 atom stereocenters. The Bertz CT molecular complexity index is 402. The van der Waals surface area contributed by atoms with E-state index in [9.17, 15) is 4.79 Å². The Morgan fingerprint density at radius 3 is 2.68 bits per heavy atom. The highest BCUT2D eigenvalue weighted by Crippen LogP contribution is 2.12. The van der Waals surface area contributed by atoms with Gasteiger partial charge in [0.25, 0.3) is 0 Å². The predicted molar refractivity (Wildman–Crippen MR) is 76.4 cm³/mol. The number of benzene rings is 1. The molecular weight excluding hydrogens is 242 g/mol. The summed E-state index contributed by atoms with van der Waals surface area (Å²) in [5.74, 6) is 0.844. The lowest BCUT2D eigenvalue weighted by Gasteiger charge is -2.05. The topological polar surface area (TPSA) is 76.7 Å². The van der Waals surface area contributed by atoms with Crippen LogP contribution in [0.25, 0.3) is 0 Å². The number of urea groups is 1. The smallest absolute Gasteiger partial charge is 0.332 e. The maximum atomic E-state index is 10.4. The van der Waals surface area contributed by atoms with Gasteiger partial charge in [-0.05, 0) is 36.2 Å². The number of nitrogens with zero attached hydrogens (tertiary/aromatic N) is 1. The fourth-order valence-electron chi connectivity index (χ4n) is 1.54. The number of hydrazone groups is 1. The molecule has 0 fully saturated rings. The minimum atomic E-state index is -0.678. The third kappa shape index (κ3) is 7.08. The van der Waals surface area contributed by atoms with Gasteiger partial charge in [0, 0.05) is 0 Å². The van der Waals surface area contributed by atoms with Crippen LogP contribution in [0.4, 0.5) is 4.79 Å². The number of ether oxygens (including phenoxy) is 1. The van der Waals surface area contributed by atoms with E-state index in [4.69, 9.17) is 10.5 Å². The summed E-state index contributed by atoms with van der Waals surface area (Å²) in [6.07, 6.45) is 6.30. The number of carbonyl (C=O) groups is 1. The molecule has 19 heavy (non-hydrogen) atoms. The number of primary amides is 1. The molecule has 104 valence electrons. The zero-order chi connectivity index (χ0) is 13.9. The zero-order valence-electron chi connectivity index (χ0n) is 11.3. The van der Waals surface area contributed by atoms with Crippen LogP contribution in [0.2, 0.25) is 0 Å². The van der Waals surface area contributed by atoms with Crippen molar-refractivity contribution in [3.05, 3.63) is 29.8 Å². The van der Waals surface area contributed by atoms with Crippen LogP contribution < -0.4 is 15.9 Å². The van der Waals surface area contributed by atoms with Crippen LogP contribution in [-0.4, -0.2) is 18.9 Å². The van der Waals surface area contributed by atoms with E-state index < -0.39 is 6.03 Å². The minimum absolute atomic E-state index is 0.678. The van der Waals surface area contributed by atoms with Crippen molar-refractivity contribution in [2.24, 2.45) is 10.8 Å². The van der Waals surface area contributed by atoms with Crippen molar-refractivity contribution in [1.29, 1.82) is 0 Å². The second-order valence-electron chi connectivity index (χ2n) is 4.21. The largest absolute Gasteiger partial charge is 0.494 e. The molecule has 1 aromatic rings. The summed E-state index contributed by atoms with van der Waals surface area (Å²) in [4.78, 5) is 10.4. The van der Waals surface area contributed by atoms with Crippen LogP contribution in [-0.2, 0) is 0 Å². The fraction of sp³-hybridized carbons (Fsp3) is 0.429. The molecule has 0 aromatic heterocycles. The summed E-state index contributed by atoms with van der Waals surface area (Å²) in [6.45, 7) is 2.94. The summed E-state index contributed by atoms with van der Waals surface area (Å²) in [6, 6.07) is 6.82. The summed E-state index contributed by atoms with van der Waals surface area (Å²) in [7, 11) is 0. The van der Waals surface area contributed by atoms with E-state index in [1.165, 1.54) is 25.5 Å². The third-order valence-corrected chi connectivity index (χ3v) is 2.54. The van der Waals surface area contributed by atoms with Crippen LogP contribution in [0.1, 0.15) is 38.2 Å². The fourth-order valence-corrected chi connectivity index (χ4v) is 1.54. The molecule has 3 N–H and O–H groups in total. The lowest BCUT2D eigenvalue weighted by Crippen LogP contribution is -2.24. The molecule has 0 heterocycles. The Balaban J connectivity index is 2.31. The van der Waals surface area contributed by atoms with Crippen molar-refractivity contribution in [3.8, 4) is 5.75 Å². The van der Waals surface area contributed by atoms with Gasteiger partial charge in [-0.1, -0.05) is 26.2 Å². The van der Waals surface area contributed by atoms with E-state index in [1.807, 2.05) is 24.3 Å². The van der Waals surface area contributed by atoms with E-state index in [2.05, 4.69) is 17.5 Å². The molecule has 1 rings (SSSR count). The first-order valence-corrected chi connectivity index (χ1v) is 6.53. The first-order chi connectivity index (χ1) is 9.22. The van der Waals surface area contributed by atoms with Crippen molar-refractivity contribution >= 4 is 12.2 Å². The zero-order valence-corrected chi connectivity index (χ0v) is 11.3. The average molecular weight is 263 g/mol. The normalized spacial score (nSPS) is 10.6. The van der Waals surface area contributed by atoms with Gasteiger partial charge >= 0.3 is 6.03 Å². The second kappa shape index (κ2) is 8.97. The van der Waals surface area contributed by atoms with Crippen LogP contribution in [0, 0.1) is 0 Å². The number of hydrogen-bond acceptors (Lipinski definition) is 3. The van der Waals surface area contributed by atoms with Gasteiger partial charge in [0.1, 0.15) is 5.75 Å². The number of carbonyl (C=O) groups excluding carboxylic acids is 1. The van der Waals surface area contributed by atoms with Gasteiger partial charge in [-0.25, -0.2) is 10.2 Å². The third-order valence-electron chi connectivity index (χ3n) is 2.54. The van der Waals surface area contributed by atoms with Crippen molar-refractivity contribution < 1.29 is 9.53 Å². The number of unbranched alkanes of at least 4 members (excludes halogenated alkanes) is 3. The maximum Gasteiger partial charge on any atom is 0.332 e. The highest BCUT2D eigenvalue weighted by Gasteiger charge is 1.94. The number of hydrogen-bond donors (Lipinski definition) is 2. The molecule has 1 aromatic carbocycles. The summed E-state index contributed by atoms with van der Waals surface area (Å²) >= 11 is 0. The van der Waals surface area contributed by atoms with Crippen LogP contribution in [0.3, 0.4) is 0 Å². The van der Waals surface area contributed by atoms with Crippen molar-refractivity contribution in [2.75, 3.05) is 6.61 Å². The van der Waals surface area contributed by atoms with Gasteiger partial charge in [-0.2, -0.15) is 5.10 Å². The van der Waals surface area contributed by atoms with Gasteiger partial charge in [-0.3, -0.25) is 0 Å². The van der Waals surface area contributed by atoms with Crippen molar-refractivity contribution in [1.82, 2.24) is 5.43 Å². The molecule has 0 unspecified atom stereocenters. The van der Waals surface area contributed by atoms with Gasteiger partial charge in [-0.15, -0.1) is 0 Å². The molecule has 2 amide bonds. The standard InChI is InChI=1S/C14H21N3O2/c1-2-3-4-5-10-19-13-8-6-12(7-9-13)11-16-17-14(15)18/h6-9,11H,2-5,10H2,1H3,(H3,15,17,18)/b16-11+. The van der Waals surface area contributed by atoms with Crippen molar-refractivity contribution in [2.45, 2.75) is 32.6 Å². The molecule has 0 aliphatic carbocycles. The summed E-state index contributed by atoms with van der Waals surface area (Å²) < 4.78 is 5.62. The molecule has 0 spiro atoms. The minimum Gasteiger partial charge on any atom is -0.494 e. The van der Waals surface area contributed by atoms with E-state index in [0.29, 0.717) is 0 Å². The summed E-state index contributed by atoms with van der Waals surface area (Å²) in [5, 5.41) is 3.68. The Kier molecular flexibility index (Phi) is 7.09. The first kappa shape index (κ1) is 15.0. The van der Waals surface area contributed by atoms with Gasteiger partial charge in [0.05, 0.1) is 12.8 Å². The number of rotatable bonds is 8. The van der Waals surface area contributed by atoms with Crippen LogP contribution >= 0.6 is 0 Å². The Labute approximate surface area is 113 Å². The van der Waals surface area contributed by atoms with Gasteiger partial charge in [0.2, 0.25) is 0 Å². The summed E-state index contributed by atoms with van der Waals surface area (Å²) in [5.41, 5.74) is 7.89. The van der Waals surface area contributed by atoms with Gasteiger partial charge in [0.15, 0.2) is 0 Å². The lowest BCUT2D eigenvalue weighted by atomic mass is 10.2. The Hall–Kier alpha value is -2.04. The highest BCUT2D eigenvalue weighted by atomic mass is 16.5. The van der Waals surface area contributed by atoms with Gasteiger partial charge < -0.3 is 10.5 Å². The molecule has 0 saturated carbocycles. The van der Waals surface area contributed by atoms with E-state index in [-0.39, 0.29) is 0 Å². The van der Waals surface area contributed by atoms with Crippen LogP contribution in [0.15, 0.2) is 29.4 Å². The molecule has 5 heteroatoms. The number of amides is 2. The van der Waals surface area contributed by atoms with E-state index in [0.717, 1.165) is 24.3 Å². The molecule has 5 nitrogen and oxygen atoms in total. The molecule has 0 bridgehead atoms. The monoisotopic (exact) mass is 263 g/mol. The molecular formula is C14H21N3O2. The Morgan fingerprint density at radius 1 is 1.32 bits per heavy atom. The quantitative estimate of drug-likeness (QED) is 0.429. The van der Waals surface area contributed by atoms with Crippen LogP contribution in [0.5, 0.6) is 5.75 Å². The maximum absolute atomic E-state index is 10.4. The van der Waals surface area contributed by atoms with E-state index in [1.54, 1.807) is 0 Å². The Morgan fingerprint density at radius 2 is 2.05 bits per heavy atom. The second-order valence-corrected chi connectivity index (χ2v) is 4.21. The SMILES string of the molecule is CCCCCCOc1ccc(/C=N/NC(N)=O)cc1. The average Bonchev–Trinajstić information content (AvgIpc) is 2.40. The number of nitrogens with one attached hydrogen (secondary N) is 1. The first-order valence-electron chi connectivity index (χ1n) is 6.53. The molecule has 0 aliphatic heterocycles. The van der Waals surface area contributed by atoms with E-state index >= 15 is 0 Å². The highest BCUT2D eigenvalue weighted by molar-refractivity contribution is 5.81. The molecule has 0 aliphatic rings. The molecule has 0 saturated heterocycles. The van der Waals surface area contributed by atoms with Crippen molar-refractivity contribution in [3.63, 3.8) is 0 Å². The lowest BCUT2D eigenvalue weighted by molar-refractivity contribution is 0.249. The predicted octanol–water partition coefficient (Wildman–Crippen LogP) is 2.65.